The van der Waals surface area contributed by atoms with Crippen molar-refractivity contribution in [2.24, 2.45) is 0 Å². The van der Waals surface area contributed by atoms with Crippen molar-refractivity contribution in [2.75, 3.05) is 13.7 Å². The summed E-state index contributed by atoms with van der Waals surface area (Å²) in [5.41, 5.74) is 2.52. The molecule has 88 valence electrons. The number of esters is 1. The van der Waals surface area contributed by atoms with Crippen molar-refractivity contribution < 1.29 is 14.3 Å². The Kier molecular flexibility index (Phi) is 4.80. The van der Waals surface area contributed by atoms with E-state index < -0.39 is 0 Å². The molecule has 0 fully saturated rings. The Morgan fingerprint density at radius 3 is 2.62 bits per heavy atom. The van der Waals surface area contributed by atoms with E-state index in [0.29, 0.717) is 23.2 Å². The van der Waals surface area contributed by atoms with E-state index in [4.69, 9.17) is 9.47 Å². The van der Waals surface area contributed by atoms with Gasteiger partial charge in [-0.15, -0.1) is 0 Å². The molecule has 0 aliphatic heterocycles. The molecule has 0 unspecified atom stereocenters. The normalized spacial score (nSPS) is 10.0. The molecule has 0 saturated heterocycles. The molecule has 0 N–H and O–H groups in total. The fourth-order valence-electron chi connectivity index (χ4n) is 1.42. The number of methoxy groups -OCH3 is 1. The van der Waals surface area contributed by atoms with Crippen LogP contribution in [0.5, 0.6) is 5.75 Å². The Morgan fingerprint density at radius 2 is 2.12 bits per heavy atom. The molecule has 1 rings (SSSR count). The van der Waals surface area contributed by atoms with Gasteiger partial charge in [-0.25, -0.2) is 4.79 Å². The zero-order valence-electron chi connectivity index (χ0n) is 9.67. The van der Waals surface area contributed by atoms with E-state index in [1.54, 1.807) is 20.1 Å². The van der Waals surface area contributed by atoms with Crippen LogP contribution in [0.15, 0.2) is 12.1 Å². The standard InChI is InChI=1S/C12H15BrO3/c1-4-16-12(14)11-6-10(15-3)5-9(7-13)8(11)2/h5-6H,4,7H2,1-3H3. The van der Waals surface area contributed by atoms with Gasteiger partial charge in [0, 0.05) is 5.33 Å². The SMILES string of the molecule is CCOC(=O)c1cc(OC)cc(CBr)c1C. The summed E-state index contributed by atoms with van der Waals surface area (Å²) >= 11 is 3.39. The van der Waals surface area contributed by atoms with Crippen LogP contribution in [0.25, 0.3) is 0 Å². The maximum absolute atomic E-state index is 11.7. The number of halogens is 1. The van der Waals surface area contributed by atoms with Crippen molar-refractivity contribution >= 4 is 21.9 Å². The predicted molar refractivity (Wildman–Crippen MR) is 66.3 cm³/mol. The molecule has 0 saturated carbocycles. The van der Waals surface area contributed by atoms with E-state index in [1.807, 2.05) is 13.0 Å². The fraction of sp³-hybridized carbons (Fsp3) is 0.417. The third-order valence-corrected chi connectivity index (χ3v) is 2.97. The molecule has 0 aromatic heterocycles. The van der Waals surface area contributed by atoms with Crippen LogP contribution in [0, 0.1) is 6.92 Å². The minimum atomic E-state index is -0.305. The molecule has 0 aliphatic carbocycles. The second kappa shape index (κ2) is 5.89. The molecule has 3 nitrogen and oxygen atoms in total. The summed E-state index contributed by atoms with van der Waals surface area (Å²) in [7, 11) is 1.58. The highest BCUT2D eigenvalue weighted by molar-refractivity contribution is 9.08. The van der Waals surface area contributed by atoms with E-state index in [0.717, 1.165) is 11.1 Å². The summed E-state index contributed by atoms with van der Waals surface area (Å²) in [6.45, 7) is 4.07. The maximum atomic E-state index is 11.7. The summed E-state index contributed by atoms with van der Waals surface area (Å²) in [4.78, 5) is 11.7. The first-order chi connectivity index (χ1) is 7.63. The number of carbonyl (C=O) groups is 1. The number of carbonyl (C=O) groups excluding carboxylic acids is 1. The van der Waals surface area contributed by atoms with Crippen LogP contribution in [0.3, 0.4) is 0 Å². The van der Waals surface area contributed by atoms with E-state index in [2.05, 4.69) is 15.9 Å². The van der Waals surface area contributed by atoms with Crippen LogP contribution in [0.1, 0.15) is 28.4 Å². The largest absolute Gasteiger partial charge is 0.497 e. The highest BCUT2D eigenvalue weighted by atomic mass is 79.9. The van der Waals surface area contributed by atoms with E-state index in [-0.39, 0.29) is 5.97 Å². The molecule has 1 aromatic carbocycles. The molecule has 0 heterocycles. The van der Waals surface area contributed by atoms with Crippen LogP contribution in [-0.2, 0) is 10.1 Å². The van der Waals surface area contributed by atoms with Crippen LogP contribution in [0.4, 0.5) is 0 Å². The number of rotatable bonds is 4. The van der Waals surface area contributed by atoms with E-state index in [1.165, 1.54) is 0 Å². The molecule has 0 aliphatic rings. The molecule has 0 spiro atoms. The van der Waals surface area contributed by atoms with Gasteiger partial charge in [0.15, 0.2) is 0 Å². The monoisotopic (exact) mass is 286 g/mol. The Morgan fingerprint density at radius 1 is 1.44 bits per heavy atom. The lowest BCUT2D eigenvalue weighted by Crippen LogP contribution is -2.08. The fourth-order valence-corrected chi connectivity index (χ4v) is 2.01. The van der Waals surface area contributed by atoms with Gasteiger partial charge < -0.3 is 9.47 Å². The number of hydrogen-bond donors (Lipinski definition) is 0. The second-order valence-electron chi connectivity index (χ2n) is 3.31. The third kappa shape index (κ3) is 2.76. The quantitative estimate of drug-likeness (QED) is 0.630. The average Bonchev–Trinajstić information content (AvgIpc) is 2.29. The Hall–Kier alpha value is -1.03. The number of alkyl halides is 1. The zero-order chi connectivity index (χ0) is 12.1. The summed E-state index contributed by atoms with van der Waals surface area (Å²) in [5.74, 6) is 0.365. The van der Waals surface area contributed by atoms with Crippen LogP contribution < -0.4 is 4.74 Å². The Bertz CT molecular complexity index is 388. The lowest BCUT2D eigenvalue weighted by atomic mass is 10.0. The zero-order valence-corrected chi connectivity index (χ0v) is 11.3. The lowest BCUT2D eigenvalue weighted by molar-refractivity contribution is 0.0525. The van der Waals surface area contributed by atoms with Crippen molar-refractivity contribution in [1.82, 2.24) is 0 Å². The predicted octanol–water partition coefficient (Wildman–Crippen LogP) is 3.08. The van der Waals surface area contributed by atoms with E-state index >= 15 is 0 Å². The molecule has 0 amide bonds. The minimum Gasteiger partial charge on any atom is -0.497 e. The molecule has 0 radical (unpaired) electrons. The number of benzene rings is 1. The van der Waals surface area contributed by atoms with E-state index in [9.17, 15) is 4.79 Å². The first-order valence-corrected chi connectivity index (χ1v) is 6.16. The van der Waals surface area contributed by atoms with Crippen molar-refractivity contribution in [3.63, 3.8) is 0 Å². The molecule has 4 heteroatoms. The van der Waals surface area contributed by atoms with Gasteiger partial charge in [-0.2, -0.15) is 0 Å². The molecule has 1 aromatic rings. The maximum Gasteiger partial charge on any atom is 0.338 e. The first kappa shape index (κ1) is 13.0. The first-order valence-electron chi connectivity index (χ1n) is 5.04. The Balaban J connectivity index is 3.20. The smallest absolute Gasteiger partial charge is 0.338 e. The summed E-state index contributed by atoms with van der Waals surface area (Å²) in [6, 6.07) is 3.62. The number of hydrogen-bond acceptors (Lipinski definition) is 3. The molecular weight excluding hydrogens is 272 g/mol. The molecular formula is C12H15BrO3. The summed E-state index contributed by atoms with van der Waals surface area (Å²) in [5, 5.41) is 0.683. The molecule has 0 atom stereocenters. The highest BCUT2D eigenvalue weighted by Gasteiger charge is 2.14. The highest BCUT2D eigenvalue weighted by Crippen LogP contribution is 2.24. The topological polar surface area (TPSA) is 35.5 Å². The second-order valence-corrected chi connectivity index (χ2v) is 3.87. The van der Waals surface area contributed by atoms with Crippen LogP contribution in [-0.4, -0.2) is 19.7 Å². The van der Waals surface area contributed by atoms with Crippen LogP contribution >= 0.6 is 15.9 Å². The van der Waals surface area contributed by atoms with Gasteiger partial charge in [0.2, 0.25) is 0 Å². The lowest BCUT2D eigenvalue weighted by Gasteiger charge is -2.11. The van der Waals surface area contributed by atoms with Gasteiger partial charge in [-0.3, -0.25) is 0 Å². The van der Waals surface area contributed by atoms with Crippen molar-refractivity contribution in [3.05, 3.63) is 28.8 Å². The molecule has 0 bridgehead atoms. The summed E-state index contributed by atoms with van der Waals surface area (Å²) < 4.78 is 10.1. The van der Waals surface area contributed by atoms with Gasteiger partial charge in [0.1, 0.15) is 5.75 Å². The Labute approximate surface area is 104 Å². The van der Waals surface area contributed by atoms with Gasteiger partial charge in [-0.1, -0.05) is 15.9 Å². The third-order valence-electron chi connectivity index (χ3n) is 2.36. The average molecular weight is 287 g/mol. The summed E-state index contributed by atoms with van der Waals surface area (Å²) in [6.07, 6.45) is 0. The van der Waals surface area contributed by atoms with Crippen molar-refractivity contribution in [2.45, 2.75) is 19.2 Å². The van der Waals surface area contributed by atoms with Gasteiger partial charge in [0.05, 0.1) is 19.3 Å². The van der Waals surface area contributed by atoms with Gasteiger partial charge >= 0.3 is 5.97 Å². The van der Waals surface area contributed by atoms with Crippen LogP contribution in [0.2, 0.25) is 0 Å². The number of ether oxygens (including phenoxy) is 2. The van der Waals surface area contributed by atoms with Crippen molar-refractivity contribution in [3.8, 4) is 5.75 Å². The van der Waals surface area contributed by atoms with Crippen molar-refractivity contribution in [1.29, 1.82) is 0 Å². The molecule has 16 heavy (non-hydrogen) atoms. The minimum absolute atomic E-state index is 0.305. The van der Waals surface area contributed by atoms with Gasteiger partial charge in [0.25, 0.3) is 0 Å². The van der Waals surface area contributed by atoms with Gasteiger partial charge in [-0.05, 0) is 37.1 Å².